The number of rotatable bonds is 5. The third-order valence-electron chi connectivity index (χ3n) is 5.15. The molecular formula is C19H23N3O3. The van der Waals surface area contributed by atoms with Gasteiger partial charge in [0.15, 0.2) is 0 Å². The molecule has 0 spiro atoms. The predicted molar refractivity (Wildman–Crippen MR) is 90.8 cm³/mol. The topological polar surface area (TPSA) is 68.5 Å². The maximum atomic E-state index is 12.1. The maximum absolute atomic E-state index is 12.1. The summed E-state index contributed by atoms with van der Waals surface area (Å²) in [7, 11) is 0. The van der Waals surface area contributed by atoms with Gasteiger partial charge in [0.2, 0.25) is 17.7 Å². The zero-order chi connectivity index (χ0) is 17.2. The summed E-state index contributed by atoms with van der Waals surface area (Å²) in [5, 5.41) is 8.58. The van der Waals surface area contributed by atoms with Gasteiger partial charge in [-0.05, 0) is 24.8 Å². The summed E-state index contributed by atoms with van der Waals surface area (Å²) < 4.78 is 12.0. The molecular weight excluding hydrogens is 318 g/mol. The van der Waals surface area contributed by atoms with E-state index in [1.165, 1.54) is 0 Å². The Morgan fingerprint density at radius 2 is 2.12 bits per heavy atom. The molecule has 2 aliphatic rings. The van der Waals surface area contributed by atoms with Gasteiger partial charge in [-0.3, -0.25) is 4.79 Å². The first kappa shape index (κ1) is 16.3. The Balaban J connectivity index is 1.57. The van der Waals surface area contributed by atoms with E-state index in [0.717, 1.165) is 31.4 Å². The van der Waals surface area contributed by atoms with Crippen molar-refractivity contribution in [1.29, 1.82) is 0 Å². The van der Waals surface area contributed by atoms with E-state index in [9.17, 15) is 4.79 Å². The molecule has 0 radical (unpaired) electrons. The zero-order valence-corrected chi connectivity index (χ0v) is 14.4. The van der Waals surface area contributed by atoms with Crippen LogP contribution in [0.3, 0.4) is 0 Å². The number of carbonyl (C=O) groups excluding carboxylic acids is 1. The highest BCUT2D eigenvalue weighted by Crippen LogP contribution is 2.41. The Labute approximate surface area is 147 Å². The van der Waals surface area contributed by atoms with Crippen molar-refractivity contribution < 1.29 is 13.9 Å². The van der Waals surface area contributed by atoms with Crippen molar-refractivity contribution in [2.75, 3.05) is 13.2 Å². The van der Waals surface area contributed by atoms with Gasteiger partial charge in [0, 0.05) is 19.6 Å². The highest BCUT2D eigenvalue weighted by molar-refractivity contribution is 5.78. The molecule has 2 aromatic rings. The van der Waals surface area contributed by atoms with Crippen LogP contribution in [0.4, 0.5) is 0 Å². The molecule has 6 nitrogen and oxygen atoms in total. The summed E-state index contributed by atoms with van der Waals surface area (Å²) in [5.74, 6) is 1.41. The SMILES string of the molecule is CC[C@@H](c1nnc([C@H]2CCO[C@@H]2c2ccccc2)o1)N1CCCC1=O. The normalized spacial score (nSPS) is 24.8. The average Bonchev–Trinajstić information content (AvgIpc) is 3.37. The van der Waals surface area contributed by atoms with E-state index in [0.29, 0.717) is 24.8 Å². The van der Waals surface area contributed by atoms with Crippen molar-refractivity contribution >= 4 is 5.91 Å². The smallest absolute Gasteiger partial charge is 0.238 e. The fraction of sp³-hybridized carbons (Fsp3) is 0.526. The van der Waals surface area contributed by atoms with Crippen LogP contribution in [0.1, 0.15) is 68.0 Å². The van der Waals surface area contributed by atoms with Gasteiger partial charge in [0.05, 0.1) is 12.0 Å². The molecule has 1 amide bonds. The van der Waals surface area contributed by atoms with E-state index in [2.05, 4.69) is 22.3 Å². The first-order chi connectivity index (χ1) is 12.3. The number of benzene rings is 1. The molecule has 3 atom stereocenters. The highest BCUT2D eigenvalue weighted by atomic mass is 16.5. The van der Waals surface area contributed by atoms with Crippen LogP contribution in [0.2, 0.25) is 0 Å². The minimum absolute atomic E-state index is 0.0528. The van der Waals surface area contributed by atoms with Gasteiger partial charge in [-0.2, -0.15) is 0 Å². The van der Waals surface area contributed by atoms with Gasteiger partial charge in [0.1, 0.15) is 6.04 Å². The lowest BCUT2D eigenvalue weighted by molar-refractivity contribution is -0.130. The van der Waals surface area contributed by atoms with Crippen LogP contribution in [0.25, 0.3) is 0 Å². The standard InChI is InChI=1S/C19H23N3O3/c1-2-15(22-11-6-9-16(22)23)19-21-20-18(25-19)14-10-12-24-17(14)13-7-4-3-5-8-13/h3-5,7-8,14-15,17H,2,6,9-12H2,1H3/t14-,15-,17+/m0/s1. The zero-order valence-electron chi connectivity index (χ0n) is 14.4. The molecule has 2 fully saturated rings. The number of nitrogens with zero attached hydrogens (tertiary/aromatic N) is 3. The van der Waals surface area contributed by atoms with Crippen molar-refractivity contribution in [2.45, 2.75) is 50.7 Å². The van der Waals surface area contributed by atoms with Gasteiger partial charge < -0.3 is 14.1 Å². The molecule has 0 saturated carbocycles. The number of hydrogen-bond donors (Lipinski definition) is 0. The lowest BCUT2D eigenvalue weighted by atomic mass is 9.95. The molecule has 2 saturated heterocycles. The van der Waals surface area contributed by atoms with Crippen molar-refractivity contribution in [3.8, 4) is 0 Å². The van der Waals surface area contributed by atoms with Gasteiger partial charge in [0.25, 0.3) is 0 Å². The lowest BCUT2D eigenvalue weighted by Gasteiger charge is -2.23. The molecule has 0 unspecified atom stereocenters. The van der Waals surface area contributed by atoms with E-state index in [4.69, 9.17) is 9.15 Å². The van der Waals surface area contributed by atoms with Crippen molar-refractivity contribution in [3.63, 3.8) is 0 Å². The first-order valence-electron chi connectivity index (χ1n) is 9.07. The summed E-state index contributed by atoms with van der Waals surface area (Å²) in [6.07, 6.45) is 3.10. The third-order valence-corrected chi connectivity index (χ3v) is 5.15. The Kier molecular flexibility index (Phi) is 4.53. The summed E-state index contributed by atoms with van der Waals surface area (Å²) in [5.41, 5.74) is 1.13. The van der Waals surface area contributed by atoms with Crippen LogP contribution in [-0.4, -0.2) is 34.2 Å². The second-order valence-electron chi connectivity index (χ2n) is 6.69. The molecule has 6 heteroatoms. The minimum atomic E-state index is -0.117. The minimum Gasteiger partial charge on any atom is -0.423 e. The Morgan fingerprint density at radius 3 is 2.84 bits per heavy atom. The van der Waals surface area contributed by atoms with Crippen molar-refractivity contribution in [3.05, 3.63) is 47.7 Å². The Bertz CT molecular complexity index is 731. The molecule has 0 aliphatic carbocycles. The summed E-state index contributed by atoms with van der Waals surface area (Å²) in [6.45, 7) is 3.50. The first-order valence-corrected chi connectivity index (χ1v) is 9.07. The van der Waals surface area contributed by atoms with Crippen LogP contribution in [0.15, 0.2) is 34.7 Å². The second-order valence-corrected chi connectivity index (χ2v) is 6.69. The molecule has 0 N–H and O–H groups in total. The molecule has 3 heterocycles. The highest BCUT2D eigenvalue weighted by Gasteiger charge is 2.37. The molecule has 1 aromatic heterocycles. The lowest BCUT2D eigenvalue weighted by Crippen LogP contribution is -2.29. The largest absolute Gasteiger partial charge is 0.423 e. The van der Waals surface area contributed by atoms with Crippen LogP contribution >= 0.6 is 0 Å². The summed E-state index contributed by atoms with van der Waals surface area (Å²) >= 11 is 0. The number of aromatic nitrogens is 2. The van der Waals surface area contributed by atoms with E-state index in [-0.39, 0.29) is 24.0 Å². The quantitative estimate of drug-likeness (QED) is 0.834. The van der Waals surface area contributed by atoms with Crippen LogP contribution in [0.5, 0.6) is 0 Å². The van der Waals surface area contributed by atoms with Crippen LogP contribution < -0.4 is 0 Å². The maximum Gasteiger partial charge on any atom is 0.238 e. The number of carbonyl (C=O) groups is 1. The number of hydrogen-bond acceptors (Lipinski definition) is 5. The Hall–Kier alpha value is -2.21. The van der Waals surface area contributed by atoms with Crippen molar-refractivity contribution in [1.82, 2.24) is 15.1 Å². The van der Waals surface area contributed by atoms with Crippen LogP contribution in [0, 0.1) is 0 Å². The molecule has 1 aromatic carbocycles. The molecule has 2 aliphatic heterocycles. The predicted octanol–water partition coefficient (Wildman–Crippen LogP) is 3.39. The van der Waals surface area contributed by atoms with Gasteiger partial charge in [-0.1, -0.05) is 37.3 Å². The van der Waals surface area contributed by atoms with E-state index in [1.807, 2.05) is 30.0 Å². The van der Waals surface area contributed by atoms with Crippen LogP contribution in [-0.2, 0) is 9.53 Å². The number of amides is 1. The number of likely N-dealkylation sites (tertiary alicyclic amines) is 1. The van der Waals surface area contributed by atoms with Gasteiger partial charge in [-0.15, -0.1) is 10.2 Å². The van der Waals surface area contributed by atoms with E-state index >= 15 is 0 Å². The molecule has 132 valence electrons. The molecule has 25 heavy (non-hydrogen) atoms. The van der Waals surface area contributed by atoms with Gasteiger partial charge in [-0.25, -0.2) is 0 Å². The Morgan fingerprint density at radius 1 is 1.28 bits per heavy atom. The van der Waals surface area contributed by atoms with E-state index < -0.39 is 0 Å². The monoisotopic (exact) mass is 341 g/mol. The third kappa shape index (κ3) is 3.06. The fourth-order valence-electron chi connectivity index (χ4n) is 3.87. The fourth-order valence-corrected chi connectivity index (χ4v) is 3.87. The summed E-state index contributed by atoms with van der Waals surface area (Å²) in [6, 6.07) is 10.0. The van der Waals surface area contributed by atoms with Crippen molar-refractivity contribution in [2.24, 2.45) is 0 Å². The summed E-state index contributed by atoms with van der Waals surface area (Å²) in [4.78, 5) is 13.9. The average molecular weight is 341 g/mol. The number of ether oxygens (including phenoxy) is 1. The second kappa shape index (κ2) is 6.96. The molecule has 0 bridgehead atoms. The van der Waals surface area contributed by atoms with E-state index in [1.54, 1.807) is 0 Å². The molecule has 4 rings (SSSR count). The van der Waals surface area contributed by atoms with Gasteiger partial charge >= 0.3 is 0 Å².